The molecule has 1 aromatic rings. The molecule has 0 saturated carbocycles. The number of hydrogen-bond donors (Lipinski definition) is 2. The van der Waals surface area contributed by atoms with Gasteiger partial charge in [-0.25, -0.2) is 9.97 Å². The van der Waals surface area contributed by atoms with Crippen LogP contribution in [0.3, 0.4) is 0 Å². The van der Waals surface area contributed by atoms with Gasteiger partial charge < -0.3 is 15.5 Å². The van der Waals surface area contributed by atoms with Gasteiger partial charge in [0.1, 0.15) is 17.5 Å². The van der Waals surface area contributed by atoms with E-state index in [1.54, 1.807) is 0 Å². The van der Waals surface area contributed by atoms with Crippen molar-refractivity contribution in [3.8, 4) is 0 Å². The van der Waals surface area contributed by atoms with Crippen molar-refractivity contribution in [1.29, 1.82) is 0 Å². The Bertz CT molecular complexity index is 343. The van der Waals surface area contributed by atoms with Crippen LogP contribution in [0.4, 0.5) is 11.6 Å². The molecule has 19 heavy (non-hydrogen) atoms. The molecule has 0 atom stereocenters. The standard InChI is InChI=1S/C14H27N5/c1-5-8-12-17-13(15-6-2)11-14(18-12)16-9-10-19(4)7-3/h11H,5-10H2,1-4H3,(H2,15,16,17,18). The second-order valence-corrected chi connectivity index (χ2v) is 4.66. The van der Waals surface area contributed by atoms with Crippen molar-refractivity contribution >= 4 is 11.6 Å². The fourth-order valence-corrected chi connectivity index (χ4v) is 1.73. The summed E-state index contributed by atoms with van der Waals surface area (Å²) in [6.07, 6.45) is 1.98. The van der Waals surface area contributed by atoms with E-state index in [-0.39, 0.29) is 0 Å². The van der Waals surface area contributed by atoms with E-state index in [1.807, 2.05) is 6.07 Å². The number of hydrogen-bond acceptors (Lipinski definition) is 5. The maximum Gasteiger partial charge on any atom is 0.133 e. The van der Waals surface area contributed by atoms with Crippen LogP contribution in [0.15, 0.2) is 6.07 Å². The van der Waals surface area contributed by atoms with Crippen molar-refractivity contribution in [2.45, 2.75) is 33.6 Å². The van der Waals surface area contributed by atoms with Gasteiger partial charge in [-0.2, -0.15) is 0 Å². The monoisotopic (exact) mass is 265 g/mol. The molecule has 5 heteroatoms. The SMILES string of the molecule is CCCc1nc(NCC)cc(NCCN(C)CC)n1. The second-order valence-electron chi connectivity index (χ2n) is 4.66. The Morgan fingerprint density at radius 3 is 2.37 bits per heavy atom. The summed E-state index contributed by atoms with van der Waals surface area (Å²) >= 11 is 0. The van der Waals surface area contributed by atoms with Crippen molar-refractivity contribution in [2.24, 2.45) is 0 Å². The van der Waals surface area contributed by atoms with Crippen LogP contribution >= 0.6 is 0 Å². The first-order valence-corrected chi connectivity index (χ1v) is 7.23. The molecule has 108 valence electrons. The smallest absolute Gasteiger partial charge is 0.133 e. The lowest BCUT2D eigenvalue weighted by molar-refractivity contribution is 0.367. The van der Waals surface area contributed by atoms with E-state index >= 15 is 0 Å². The minimum absolute atomic E-state index is 0.876. The zero-order chi connectivity index (χ0) is 14.1. The normalized spacial score (nSPS) is 10.8. The van der Waals surface area contributed by atoms with Crippen LogP contribution in [0.25, 0.3) is 0 Å². The molecular formula is C14H27N5. The van der Waals surface area contributed by atoms with Crippen molar-refractivity contribution in [1.82, 2.24) is 14.9 Å². The highest BCUT2D eigenvalue weighted by Crippen LogP contribution is 2.12. The van der Waals surface area contributed by atoms with E-state index in [4.69, 9.17) is 0 Å². The zero-order valence-corrected chi connectivity index (χ0v) is 12.7. The Morgan fingerprint density at radius 1 is 1.11 bits per heavy atom. The van der Waals surface area contributed by atoms with Gasteiger partial charge >= 0.3 is 0 Å². The highest BCUT2D eigenvalue weighted by molar-refractivity contribution is 5.47. The first kappa shape index (κ1) is 15.7. The molecule has 1 rings (SSSR count). The lowest BCUT2D eigenvalue weighted by Gasteiger charge is -2.15. The van der Waals surface area contributed by atoms with Gasteiger partial charge in [0, 0.05) is 32.1 Å². The highest BCUT2D eigenvalue weighted by Gasteiger charge is 2.04. The van der Waals surface area contributed by atoms with Crippen molar-refractivity contribution in [2.75, 3.05) is 43.9 Å². The van der Waals surface area contributed by atoms with Gasteiger partial charge in [0.25, 0.3) is 0 Å². The number of aryl methyl sites for hydroxylation is 1. The molecular weight excluding hydrogens is 238 g/mol. The van der Waals surface area contributed by atoms with E-state index in [0.29, 0.717) is 0 Å². The predicted molar refractivity (Wildman–Crippen MR) is 81.9 cm³/mol. The van der Waals surface area contributed by atoms with E-state index in [0.717, 1.165) is 56.5 Å². The summed E-state index contributed by atoms with van der Waals surface area (Å²) in [7, 11) is 2.12. The van der Waals surface area contributed by atoms with Crippen molar-refractivity contribution in [3.05, 3.63) is 11.9 Å². The molecule has 1 heterocycles. The summed E-state index contributed by atoms with van der Waals surface area (Å²) < 4.78 is 0. The average molecular weight is 265 g/mol. The van der Waals surface area contributed by atoms with Gasteiger partial charge in [-0.3, -0.25) is 0 Å². The molecule has 0 aliphatic heterocycles. The maximum absolute atomic E-state index is 4.55. The molecule has 0 aliphatic carbocycles. The molecule has 0 amide bonds. The molecule has 0 bridgehead atoms. The van der Waals surface area contributed by atoms with Gasteiger partial charge in [0.2, 0.25) is 0 Å². The van der Waals surface area contributed by atoms with E-state index in [1.165, 1.54) is 0 Å². The Hall–Kier alpha value is -1.36. The van der Waals surface area contributed by atoms with Crippen LogP contribution in [-0.4, -0.2) is 48.1 Å². The van der Waals surface area contributed by atoms with Crippen LogP contribution in [0.5, 0.6) is 0 Å². The molecule has 0 radical (unpaired) electrons. The summed E-state index contributed by atoms with van der Waals surface area (Å²) in [4.78, 5) is 11.3. The lowest BCUT2D eigenvalue weighted by Crippen LogP contribution is -2.25. The van der Waals surface area contributed by atoms with Crippen LogP contribution < -0.4 is 10.6 Å². The molecule has 1 aromatic heterocycles. The number of anilines is 2. The molecule has 0 saturated heterocycles. The molecule has 2 N–H and O–H groups in total. The molecule has 0 fully saturated rings. The molecule has 5 nitrogen and oxygen atoms in total. The molecule has 0 unspecified atom stereocenters. The maximum atomic E-state index is 4.55. The van der Waals surface area contributed by atoms with Gasteiger partial charge in [-0.15, -0.1) is 0 Å². The minimum atomic E-state index is 0.876. The minimum Gasteiger partial charge on any atom is -0.370 e. The number of nitrogens with one attached hydrogen (secondary N) is 2. The quantitative estimate of drug-likeness (QED) is 0.717. The number of likely N-dealkylation sites (N-methyl/N-ethyl adjacent to an activating group) is 1. The first-order chi connectivity index (χ1) is 9.19. The third-order valence-corrected chi connectivity index (χ3v) is 2.94. The average Bonchev–Trinajstić information content (AvgIpc) is 2.39. The topological polar surface area (TPSA) is 53.1 Å². The highest BCUT2D eigenvalue weighted by atomic mass is 15.1. The second kappa shape index (κ2) is 8.69. The Labute approximate surface area is 116 Å². The third-order valence-electron chi connectivity index (χ3n) is 2.94. The van der Waals surface area contributed by atoms with Crippen molar-refractivity contribution < 1.29 is 0 Å². The summed E-state index contributed by atoms with van der Waals surface area (Å²) in [5, 5.41) is 6.63. The Kier molecular flexibility index (Phi) is 7.18. The summed E-state index contributed by atoms with van der Waals surface area (Å²) in [5.41, 5.74) is 0. The number of rotatable bonds is 9. The van der Waals surface area contributed by atoms with E-state index in [9.17, 15) is 0 Å². The Morgan fingerprint density at radius 2 is 1.79 bits per heavy atom. The Balaban J connectivity index is 2.64. The third kappa shape index (κ3) is 5.87. The van der Waals surface area contributed by atoms with Gasteiger partial charge in [-0.1, -0.05) is 13.8 Å². The van der Waals surface area contributed by atoms with Crippen LogP contribution in [-0.2, 0) is 6.42 Å². The van der Waals surface area contributed by atoms with E-state index in [2.05, 4.69) is 53.3 Å². The van der Waals surface area contributed by atoms with Crippen molar-refractivity contribution in [3.63, 3.8) is 0 Å². The lowest BCUT2D eigenvalue weighted by atomic mass is 10.3. The molecule has 0 aromatic carbocycles. The summed E-state index contributed by atoms with van der Waals surface area (Å²) in [6.45, 7) is 10.2. The largest absolute Gasteiger partial charge is 0.370 e. The van der Waals surface area contributed by atoms with Gasteiger partial charge in [0.15, 0.2) is 0 Å². The first-order valence-electron chi connectivity index (χ1n) is 7.23. The number of aromatic nitrogens is 2. The van der Waals surface area contributed by atoms with E-state index < -0.39 is 0 Å². The molecule has 0 aliphatic rings. The fourth-order valence-electron chi connectivity index (χ4n) is 1.73. The van der Waals surface area contributed by atoms with Gasteiger partial charge in [0.05, 0.1) is 0 Å². The molecule has 0 spiro atoms. The number of nitrogens with zero attached hydrogens (tertiary/aromatic N) is 3. The fraction of sp³-hybridized carbons (Fsp3) is 0.714. The zero-order valence-electron chi connectivity index (χ0n) is 12.7. The summed E-state index contributed by atoms with van der Waals surface area (Å²) in [6, 6.07) is 1.98. The van der Waals surface area contributed by atoms with Gasteiger partial charge in [-0.05, 0) is 26.9 Å². The van der Waals surface area contributed by atoms with Crippen LogP contribution in [0.1, 0.15) is 33.0 Å². The predicted octanol–water partition coefficient (Wildman–Crippen LogP) is 2.22. The summed E-state index contributed by atoms with van der Waals surface area (Å²) in [5.74, 6) is 2.73. The van der Waals surface area contributed by atoms with Crippen LogP contribution in [0, 0.1) is 0 Å². The van der Waals surface area contributed by atoms with Crippen LogP contribution in [0.2, 0.25) is 0 Å².